The number of likely N-dealkylation sites (N-methyl/N-ethyl adjacent to an activating group) is 1. The van der Waals surface area contributed by atoms with Crippen molar-refractivity contribution >= 4 is 5.91 Å². The summed E-state index contributed by atoms with van der Waals surface area (Å²) in [6.45, 7) is 8.93. The standard InChI is InChI=1S/C16H26N2O/c1-11(2)8-15(17)16(19)18(5)10-14-7-6-12(3)9-13(14)4/h6-7,9,11,15H,8,10,17H2,1-5H3. The van der Waals surface area contributed by atoms with E-state index in [-0.39, 0.29) is 5.91 Å². The van der Waals surface area contributed by atoms with Gasteiger partial charge in [-0.2, -0.15) is 0 Å². The minimum atomic E-state index is -0.393. The summed E-state index contributed by atoms with van der Waals surface area (Å²) in [6, 6.07) is 5.91. The van der Waals surface area contributed by atoms with Gasteiger partial charge in [0, 0.05) is 13.6 Å². The highest BCUT2D eigenvalue weighted by Crippen LogP contribution is 2.13. The molecule has 0 aliphatic carbocycles. The third-order valence-corrected chi connectivity index (χ3v) is 3.32. The van der Waals surface area contributed by atoms with E-state index in [2.05, 4.69) is 45.9 Å². The van der Waals surface area contributed by atoms with Gasteiger partial charge in [0.2, 0.25) is 5.91 Å². The number of rotatable bonds is 5. The number of amides is 1. The maximum absolute atomic E-state index is 12.2. The first-order valence-electron chi connectivity index (χ1n) is 6.88. The summed E-state index contributed by atoms with van der Waals surface area (Å²) in [5, 5.41) is 0. The largest absolute Gasteiger partial charge is 0.340 e. The van der Waals surface area contributed by atoms with E-state index in [1.54, 1.807) is 4.90 Å². The van der Waals surface area contributed by atoms with E-state index in [1.807, 2.05) is 7.05 Å². The second kappa shape index (κ2) is 6.71. The van der Waals surface area contributed by atoms with Crippen molar-refractivity contribution in [3.05, 3.63) is 34.9 Å². The molecule has 0 saturated carbocycles. The molecule has 106 valence electrons. The van der Waals surface area contributed by atoms with Gasteiger partial charge in [-0.05, 0) is 37.3 Å². The first-order chi connectivity index (χ1) is 8.81. The van der Waals surface area contributed by atoms with E-state index in [1.165, 1.54) is 16.7 Å². The SMILES string of the molecule is Cc1ccc(CN(C)C(=O)C(N)CC(C)C)c(C)c1. The molecule has 0 spiro atoms. The predicted molar refractivity (Wildman–Crippen MR) is 79.8 cm³/mol. The number of carbonyl (C=O) groups is 1. The molecule has 1 amide bonds. The van der Waals surface area contributed by atoms with Crippen LogP contribution in [0.2, 0.25) is 0 Å². The van der Waals surface area contributed by atoms with Crippen LogP contribution in [0.25, 0.3) is 0 Å². The molecule has 2 N–H and O–H groups in total. The van der Waals surface area contributed by atoms with Crippen LogP contribution < -0.4 is 5.73 Å². The quantitative estimate of drug-likeness (QED) is 0.886. The Morgan fingerprint density at radius 2 is 1.95 bits per heavy atom. The number of aryl methyl sites for hydroxylation is 2. The van der Waals surface area contributed by atoms with Gasteiger partial charge in [-0.25, -0.2) is 0 Å². The van der Waals surface area contributed by atoms with Crippen LogP contribution in [0.3, 0.4) is 0 Å². The van der Waals surface area contributed by atoms with Crippen LogP contribution in [0.5, 0.6) is 0 Å². The summed E-state index contributed by atoms with van der Waals surface area (Å²) >= 11 is 0. The van der Waals surface area contributed by atoms with Crippen LogP contribution in [0, 0.1) is 19.8 Å². The van der Waals surface area contributed by atoms with E-state index < -0.39 is 6.04 Å². The molecule has 0 radical (unpaired) electrons. The van der Waals surface area contributed by atoms with Crippen molar-refractivity contribution in [3.8, 4) is 0 Å². The van der Waals surface area contributed by atoms with Gasteiger partial charge in [0.05, 0.1) is 6.04 Å². The van der Waals surface area contributed by atoms with Crippen molar-refractivity contribution in [3.63, 3.8) is 0 Å². The molecular weight excluding hydrogens is 236 g/mol. The molecule has 0 aliphatic heterocycles. The molecule has 0 aliphatic rings. The van der Waals surface area contributed by atoms with Crippen LogP contribution in [-0.4, -0.2) is 23.9 Å². The lowest BCUT2D eigenvalue weighted by Gasteiger charge is -2.23. The van der Waals surface area contributed by atoms with Gasteiger partial charge in [-0.3, -0.25) is 4.79 Å². The summed E-state index contributed by atoms with van der Waals surface area (Å²) in [6.07, 6.45) is 0.732. The van der Waals surface area contributed by atoms with Crippen molar-refractivity contribution in [2.45, 2.75) is 46.7 Å². The Kier molecular flexibility index (Phi) is 5.55. The van der Waals surface area contributed by atoms with Crippen LogP contribution in [0.15, 0.2) is 18.2 Å². The summed E-state index contributed by atoms with van der Waals surface area (Å²) in [5.74, 6) is 0.460. The zero-order chi connectivity index (χ0) is 14.6. The topological polar surface area (TPSA) is 46.3 Å². The van der Waals surface area contributed by atoms with Crippen LogP contribution >= 0.6 is 0 Å². The van der Waals surface area contributed by atoms with Gasteiger partial charge in [0.25, 0.3) is 0 Å². The molecule has 1 rings (SSSR count). The summed E-state index contributed by atoms with van der Waals surface area (Å²) in [7, 11) is 1.82. The fourth-order valence-electron chi connectivity index (χ4n) is 2.25. The summed E-state index contributed by atoms with van der Waals surface area (Å²) < 4.78 is 0. The van der Waals surface area contributed by atoms with Crippen molar-refractivity contribution in [1.82, 2.24) is 4.90 Å². The highest BCUT2D eigenvalue weighted by atomic mass is 16.2. The van der Waals surface area contributed by atoms with Crippen LogP contribution in [0.4, 0.5) is 0 Å². The van der Waals surface area contributed by atoms with E-state index >= 15 is 0 Å². The number of hydrogen-bond acceptors (Lipinski definition) is 2. The van der Waals surface area contributed by atoms with Crippen LogP contribution in [0.1, 0.15) is 37.0 Å². The minimum Gasteiger partial charge on any atom is -0.340 e. The Hall–Kier alpha value is -1.35. The fraction of sp³-hybridized carbons (Fsp3) is 0.562. The third-order valence-electron chi connectivity index (χ3n) is 3.32. The first kappa shape index (κ1) is 15.7. The second-order valence-electron chi connectivity index (χ2n) is 5.86. The van der Waals surface area contributed by atoms with Gasteiger partial charge in [0.1, 0.15) is 0 Å². The maximum Gasteiger partial charge on any atom is 0.239 e. The Morgan fingerprint density at radius 1 is 1.32 bits per heavy atom. The third kappa shape index (κ3) is 4.67. The molecule has 3 nitrogen and oxygen atoms in total. The highest BCUT2D eigenvalue weighted by Gasteiger charge is 2.19. The molecule has 1 aromatic rings. The number of carbonyl (C=O) groups excluding carboxylic acids is 1. The minimum absolute atomic E-state index is 0.0219. The van der Waals surface area contributed by atoms with E-state index in [9.17, 15) is 4.79 Å². The lowest BCUT2D eigenvalue weighted by Crippen LogP contribution is -2.42. The van der Waals surface area contributed by atoms with Crippen LogP contribution in [-0.2, 0) is 11.3 Å². The average molecular weight is 262 g/mol. The first-order valence-corrected chi connectivity index (χ1v) is 6.88. The molecule has 0 bridgehead atoms. The predicted octanol–water partition coefficient (Wildman–Crippen LogP) is 2.64. The van der Waals surface area contributed by atoms with Gasteiger partial charge in [-0.15, -0.1) is 0 Å². The number of hydrogen-bond donors (Lipinski definition) is 1. The summed E-state index contributed by atoms with van der Waals surface area (Å²) in [5.41, 5.74) is 9.58. The number of benzene rings is 1. The molecule has 0 fully saturated rings. The van der Waals surface area contributed by atoms with E-state index in [0.29, 0.717) is 12.5 Å². The van der Waals surface area contributed by atoms with Crippen molar-refractivity contribution < 1.29 is 4.79 Å². The molecule has 1 atom stereocenters. The van der Waals surface area contributed by atoms with Crippen molar-refractivity contribution in [2.24, 2.45) is 11.7 Å². The monoisotopic (exact) mass is 262 g/mol. The molecule has 0 aromatic heterocycles. The molecule has 0 heterocycles. The van der Waals surface area contributed by atoms with Gasteiger partial charge in [0.15, 0.2) is 0 Å². The highest BCUT2D eigenvalue weighted by molar-refractivity contribution is 5.81. The molecule has 1 unspecified atom stereocenters. The van der Waals surface area contributed by atoms with Crippen molar-refractivity contribution in [2.75, 3.05) is 7.05 Å². The summed E-state index contributed by atoms with van der Waals surface area (Å²) in [4.78, 5) is 13.9. The molecular formula is C16H26N2O. The Labute approximate surface area is 116 Å². The molecule has 19 heavy (non-hydrogen) atoms. The molecule has 3 heteroatoms. The Bertz CT molecular complexity index is 440. The van der Waals surface area contributed by atoms with Gasteiger partial charge >= 0.3 is 0 Å². The normalized spacial score (nSPS) is 12.6. The van der Waals surface area contributed by atoms with Gasteiger partial charge in [-0.1, -0.05) is 37.6 Å². The smallest absolute Gasteiger partial charge is 0.239 e. The fourth-order valence-corrected chi connectivity index (χ4v) is 2.25. The van der Waals surface area contributed by atoms with Gasteiger partial charge < -0.3 is 10.6 Å². The van der Waals surface area contributed by atoms with E-state index in [0.717, 1.165) is 6.42 Å². The van der Waals surface area contributed by atoms with E-state index in [4.69, 9.17) is 5.73 Å². The average Bonchev–Trinajstić information content (AvgIpc) is 2.30. The molecule has 0 saturated heterocycles. The molecule has 1 aromatic carbocycles. The lowest BCUT2D eigenvalue weighted by atomic mass is 10.0. The number of nitrogens with zero attached hydrogens (tertiary/aromatic N) is 1. The second-order valence-corrected chi connectivity index (χ2v) is 5.86. The van der Waals surface area contributed by atoms with Crippen molar-refractivity contribution in [1.29, 1.82) is 0 Å². The zero-order valence-corrected chi connectivity index (χ0v) is 12.7. The zero-order valence-electron chi connectivity index (χ0n) is 12.7. The maximum atomic E-state index is 12.2. The lowest BCUT2D eigenvalue weighted by molar-refractivity contribution is -0.132. The number of nitrogens with two attached hydrogens (primary N) is 1. The Morgan fingerprint density at radius 3 is 2.47 bits per heavy atom. The Balaban J connectivity index is 2.68.